The minimum atomic E-state index is -0.955. The highest BCUT2D eigenvalue weighted by molar-refractivity contribution is 5.69. The standard InChI is InChI=1S/C14H18NO4/c1-14(2,19-10-16)12(15-9-13(17)18)8-11-6-4-3-5-7-11/h3-7,12,15H,8-9H2,1-2H3,(H,17,18). The van der Waals surface area contributed by atoms with Crippen LogP contribution in [0.25, 0.3) is 0 Å². The first kappa shape index (κ1) is 15.2. The van der Waals surface area contributed by atoms with E-state index in [4.69, 9.17) is 9.84 Å². The third kappa shape index (κ3) is 5.09. The zero-order valence-corrected chi connectivity index (χ0v) is 11.1. The summed E-state index contributed by atoms with van der Waals surface area (Å²) in [4.78, 5) is 21.1. The molecule has 1 atom stereocenters. The van der Waals surface area contributed by atoms with Gasteiger partial charge in [-0.1, -0.05) is 30.3 Å². The molecule has 0 aliphatic carbocycles. The quantitative estimate of drug-likeness (QED) is 0.736. The lowest BCUT2D eigenvalue weighted by molar-refractivity contribution is -0.136. The minimum absolute atomic E-state index is 0.191. The Hall–Kier alpha value is -1.88. The fourth-order valence-electron chi connectivity index (χ4n) is 1.80. The molecule has 5 heteroatoms. The van der Waals surface area contributed by atoms with Crippen molar-refractivity contribution in [1.29, 1.82) is 0 Å². The lowest BCUT2D eigenvalue weighted by atomic mass is 9.92. The number of carboxylic acid groups (broad SMARTS) is 1. The summed E-state index contributed by atoms with van der Waals surface area (Å²) in [5.74, 6) is -0.955. The summed E-state index contributed by atoms with van der Waals surface area (Å²) in [6.45, 7) is 4.68. The Morgan fingerprint density at radius 3 is 2.58 bits per heavy atom. The van der Waals surface area contributed by atoms with Gasteiger partial charge in [0.2, 0.25) is 0 Å². The molecular weight excluding hydrogens is 246 g/mol. The van der Waals surface area contributed by atoms with E-state index in [0.29, 0.717) is 6.42 Å². The van der Waals surface area contributed by atoms with Gasteiger partial charge >= 0.3 is 12.4 Å². The van der Waals surface area contributed by atoms with E-state index < -0.39 is 11.6 Å². The van der Waals surface area contributed by atoms with Crippen LogP contribution in [0.4, 0.5) is 0 Å². The monoisotopic (exact) mass is 264 g/mol. The van der Waals surface area contributed by atoms with E-state index in [-0.39, 0.29) is 12.6 Å². The van der Waals surface area contributed by atoms with Crippen LogP contribution in [0.15, 0.2) is 30.3 Å². The Balaban J connectivity index is 2.79. The Kier molecular flexibility index (Phi) is 5.51. The van der Waals surface area contributed by atoms with Crippen LogP contribution in [0.3, 0.4) is 0 Å². The van der Waals surface area contributed by atoms with Gasteiger partial charge in [0.15, 0.2) is 0 Å². The van der Waals surface area contributed by atoms with E-state index in [0.717, 1.165) is 5.56 Å². The van der Waals surface area contributed by atoms with Crippen molar-refractivity contribution in [1.82, 2.24) is 5.32 Å². The molecule has 1 rings (SSSR count). The Morgan fingerprint density at radius 1 is 1.42 bits per heavy atom. The summed E-state index contributed by atoms with van der Waals surface area (Å²) in [6, 6.07) is 9.29. The first-order valence-corrected chi connectivity index (χ1v) is 6.00. The molecule has 1 aromatic rings. The van der Waals surface area contributed by atoms with Gasteiger partial charge in [-0.2, -0.15) is 0 Å². The lowest BCUT2D eigenvalue weighted by Crippen LogP contribution is -2.51. The zero-order chi connectivity index (χ0) is 14.3. The van der Waals surface area contributed by atoms with Crippen molar-refractivity contribution < 1.29 is 19.4 Å². The second-order valence-corrected chi connectivity index (χ2v) is 4.81. The highest BCUT2D eigenvalue weighted by Crippen LogP contribution is 2.18. The second kappa shape index (κ2) is 6.89. The number of hydrogen-bond donors (Lipinski definition) is 2. The van der Waals surface area contributed by atoms with Crippen LogP contribution in [0.2, 0.25) is 0 Å². The molecule has 5 nitrogen and oxygen atoms in total. The summed E-state index contributed by atoms with van der Waals surface area (Å²) >= 11 is 0. The summed E-state index contributed by atoms with van der Waals surface area (Å²) in [6.07, 6.45) is 0.558. The molecule has 103 valence electrons. The van der Waals surface area contributed by atoms with Gasteiger partial charge < -0.3 is 15.2 Å². The smallest absolute Gasteiger partial charge is 0.418 e. The number of hydrogen-bond acceptors (Lipinski definition) is 4. The Morgan fingerprint density at radius 2 is 2.05 bits per heavy atom. The first-order valence-electron chi connectivity index (χ1n) is 6.00. The van der Waals surface area contributed by atoms with Gasteiger partial charge in [-0.05, 0) is 25.8 Å². The summed E-state index contributed by atoms with van der Waals surface area (Å²) < 4.78 is 4.93. The van der Waals surface area contributed by atoms with Crippen molar-refractivity contribution in [3.05, 3.63) is 35.9 Å². The van der Waals surface area contributed by atoms with Crippen molar-refractivity contribution in [3.63, 3.8) is 0 Å². The minimum Gasteiger partial charge on any atom is -0.480 e. The maximum Gasteiger partial charge on any atom is 0.418 e. The molecule has 0 heterocycles. The molecule has 0 spiro atoms. The van der Waals surface area contributed by atoms with Gasteiger partial charge in [0.1, 0.15) is 5.60 Å². The second-order valence-electron chi connectivity index (χ2n) is 4.81. The fraction of sp³-hybridized carbons (Fsp3) is 0.429. The van der Waals surface area contributed by atoms with Crippen LogP contribution in [0.1, 0.15) is 19.4 Å². The van der Waals surface area contributed by atoms with E-state index >= 15 is 0 Å². The Labute approximate surface area is 112 Å². The molecular formula is C14H18NO4. The third-order valence-corrected chi connectivity index (χ3v) is 2.93. The van der Waals surface area contributed by atoms with Crippen molar-refractivity contribution >= 4 is 12.4 Å². The van der Waals surface area contributed by atoms with Crippen LogP contribution in [0, 0.1) is 0 Å². The van der Waals surface area contributed by atoms with Gasteiger partial charge in [-0.3, -0.25) is 4.79 Å². The van der Waals surface area contributed by atoms with Gasteiger partial charge in [-0.15, -0.1) is 0 Å². The fourth-order valence-corrected chi connectivity index (χ4v) is 1.80. The number of rotatable bonds is 8. The van der Waals surface area contributed by atoms with Crippen LogP contribution in [-0.4, -0.2) is 35.7 Å². The summed E-state index contributed by atoms with van der Waals surface area (Å²) in [7, 11) is 0. The molecule has 1 radical (unpaired) electrons. The third-order valence-electron chi connectivity index (χ3n) is 2.93. The maximum absolute atomic E-state index is 10.7. The van der Waals surface area contributed by atoms with E-state index in [1.807, 2.05) is 30.3 Å². The molecule has 1 aromatic carbocycles. The van der Waals surface area contributed by atoms with E-state index in [1.165, 1.54) is 6.47 Å². The highest BCUT2D eigenvalue weighted by Gasteiger charge is 2.31. The number of benzene rings is 1. The first-order chi connectivity index (χ1) is 8.95. The van der Waals surface area contributed by atoms with Crippen molar-refractivity contribution in [2.24, 2.45) is 0 Å². The molecule has 1 unspecified atom stereocenters. The van der Waals surface area contributed by atoms with Crippen LogP contribution >= 0.6 is 0 Å². The normalized spacial score (nSPS) is 12.7. The molecule has 0 aliphatic rings. The molecule has 0 aliphatic heterocycles. The molecule has 0 amide bonds. The van der Waals surface area contributed by atoms with Crippen molar-refractivity contribution in [2.75, 3.05) is 6.54 Å². The van der Waals surface area contributed by atoms with Crippen molar-refractivity contribution in [3.8, 4) is 0 Å². The van der Waals surface area contributed by atoms with Crippen LogP contribution in [-0.2, 0) is 20.7 Å². The maximum atomic E-state index is 10.7. The average molecular weight is 264 g/mol. The van der Waals surface area contributed by atoms with Gasteiger partial charge in [0.05, 0.1) is 12.6 Å². The number of carbonyl (C=O) groups excluding carboxylic acids is 1. The zero-order valence-electron chi connectivity index (χ0n) is 11.1. The summed E-state index contributed by atoms with van der Waals surface area (Å²) in [5, 5.41) is 11.6. The molecule has 19 heavy (non-hydrogen) atoms. The molecule has 0 fully saturated rings. The summed E-state index contributed by atoms with van der Waals surface area (Å²) in [5.41, 5.74) is 0.195. The van der Waals surface area contributed by atoms with Gasteiger partial charge in [-0.25, -0.2) is 4.79 Å². The largest absolute Gasteiger partial charge is 0.480 e. The molecule has 0 saturated carbocycles. The number of carboxylic acids is 1. The van der Waals surface area contributed by atoms with Gasteiger partial charge in [0.25, 0.3) is 0 Å². The lowest BCUT2D eigenvalue weighted by Gasteiger charge is -2.32. The topological polar surface area (TPSA) is 75.6 Å². The molecule has 0 bridgehead atoms. The highest BCUT2D eigenvalue weighted by atomic mass is 16.5. The van der Waals surface area contributed by atoms with Crippen molar-refractivity contribution in [2.45, 2.75) is 31.9 Å². The molecule has 0 saturated heterocycles. The van der Waals surface area contributed by atoms with E-state index in [9.17, 15) is 9.59 Å². The van der Waals surface area contributed by atoms with E-state index in [1.54, 1.807) is 13.8 Å². The number of aliphatic carboxylic acids is 1. The predicted octanol–water partition coefficient (Wildman–Crippen LogP) is 1.13. The number of carbonyl (C=O) groups is 1. The predicted molar refractivity (Wildman–Crippen MR) is 70.4 cm³/mol. The molecule has 2 N–H and O–H groups in total. The SMILES string of the molecule is CC(C)(O[C]=O)C(Cc1ccccc1)NCC(=O)O. The van der Waals surface area contributed by atoms with Crippen LogP contribution in [0.5, 0.6) is 0 Å². The number of ether oxygens (including phenoxy) is 1. The van der Waals surface area contributed by atoms with E-state index in [2.05, 4.69) is 5.32 Å². The van der Waals surface area contributed by atoms with Gasteiger partial charge in [0, 0.05) is 0 Å². The average Bonchev–Trinajstić information content (AvgIpc) is 2.35. The van der Waals surface area contributed by atoms with Crippen LogP contribution < -0.4 is 5.32 Å². The Bertz CT molecular complexity index is 417. The molecule has 0 aromatic heterocycles. The number of nitrogens with one attached hydrogen (secondary N) is 1.